The third-order valence-corrected chi connectivity index (χ3v) is 1.01. The summed E-state index contributed by atoms with van der Waals surface area (Å²) >= 11 is 0. The number of hydrogen-bond acceptors (Lipinski definition) is 1. The Hall–Kier alpha value is -0.220. The minimum Gasteiger partial charge on any atom is -0.329 e. The maximum Gasteiger partial charge on any atom is 0.345 e. The van der Waals surface area contributed by atoms with E-state index in [1.54, 1.807) is 0 Å². The summed E-state index contributed by atoms with van der Waals surface area (Å²) in [5, 5.41) is 0. The highest BCUT2D eigenvalue weighted by Gasteiger charge is 2.08. The van der Waals surface area contributed by atoms with Crippen LogP contribution in [0.1, 0.15) is 0 Å². The first-order valence-electron chi connectivity index (χ1n) is 3.12. The molecule has 0 aliphatic rings. The van der Waals surface area contributed by atoms with E-state index in [1.807, 2.05) is 21.1 Å². The molecule has 0 unspecified atom stereocenters. The van der Waals surface area contributed by atoms with E-state index in [2.05, 4.69) is 4.74 Å². The maximum absolute atomic E-state index is 11.4. The largest absolute Gasteiger partial charge is 0.345 e. The lowest BCUT2D eigenvalue weighted by atomic mass is 10.5. The summed E-state index contributed by atoms with van der Waals surface area (Å²) in [6.07, 6.45) is 0. The highest BCUT2D eigenvalue weighted by atomic mass is 19.3. The summed E-state index contributed by atoms with van der Waals surface area (Å²) < 4.78 is 27.5. The Morgan fingerprint density at radius 2 is 1.80 bits per heavy atom. The van der Waals surface area contributed by atoms with Crippen LogP contribution >= 0.6 is 0 Å². The van der Waals surface area contributed by atoms with Crippen molar-refractivity contribution in [1.29, 1.82) is 0 Å². The average molecular weight is 154 g/mol. The number of nitrogens with zero attached hydrogens (tertiary/aromatic N) is 1. The molecule has 0 atom stereocenters. The van der Waals surface area contributed by atoms with Gasteiger partial charge in [0.25, 0.3) is 0 Å². The molecule has 0 aromatic carbocycles. The molecule has 0 rings (SSSR count). The second-order valence-electron chi connectivity index (χ2n) is 3.15. The molecule has 0 aromatic rings. The van der Waals surface area contributed by atoms with Crippen LogP contribution in [0.25, 0.3) is 0 Å². The van der Waals surface area contributed by atoms with Gasteiger partial charge in [-0.25, -0.2) is 0 Å². The first-order chi connectivity index (χ1) is 4.42. The summed E-state index contributed by atoms with van der Waals surface area (Å²) in [4.78, 5) is 0. The number of ether oxygens (including phenoxy) is 1. The zero-order valence-corrected chi connectivity index (χ0v) is 6.60. The van der Waals surface area contributed by atoms with Gasteiger partial charge in [0.1, 0.15) is 13.2 Å². The highest BCUT2D eigenvalue weighted by molar-refractivity contribution is 4.26. The summed E-state index contributed by atoms with van der Waals surface area (Å²) in [7, 11) is 5.78. The SMILES string of the molecule is C[N+](C)(C)CCOC(F)F. The van der Waals surface area contributed by atoms with Crippen molar-refractivity contribution in [3.05, 3.63) is 0 Å². The Bertz CT molecular complexity index is 90.2. The third kappa shape index (κ3) is 7.78. The van der Waals surface area contributed by atoms with Gasteiger partial charge < -0.3 is 9.22 Å². The quantitative estimate of drug-likeness (QED) is 0.547. The Kier molecular flexibility index (Phi) is 3.75. The lowest BCUT2D eigenvalue weighted by molar-refractivity contribution is -0.871. The van der Waals surface area contributed by atoms with Gasteiger partial charge in [-0.05, 0) is 0 Å². The second kappa shape index (κ2) is 3.83. The molecule has 0 aliphatic carbocycles. The van der Waals surface area contributed by atoms with Crippen molar-refractivity contribution in [2.24, 2.45) is 0 Å². The molecule has 0 saturated carbocycles. The van der Waals surface area contributed by atoms with Gasteiger partial charge >= 0.3 is 6.61 Å². The molecule has 4 heteroatoms. The molecule has 0 radical (unpaired) electrons. The minimum absolute atomic E-state index is 0.112. The normalized spacial score (nSPS) is 12.6. The monoisotopic (exact) mass is 154 g/mol. The molecular weight excluding hydrogens is 140 g/mol. The molecule has 2 nitrogen and oxygen atoms in total. The number of alkyl halides is 2. The third-order valence-electron chi connectivity index (χ3n) is 1.01. The Morgan fingerprint density at radius 1 is 1.30 bits per heavy atom. The number of hydrogen-bond donors (Lipinski definition) is 0. The van der Waals surface area contributed by atoms with Gasteiger partial charge in [-0.3, -0.25) is 0 Å². The van der Waals surface area contributed by atoms with Crippen LogP contribution in [0.4, 0.5) is 8.78 Å². The Morgan fingerprint density at radius 3 is 2.10 bits per heavy atom. The van der Waals surface area contributed by atoms with Crippen molar-refractivity contribution in [2.75, 3.05) is 34.3 Å². The molecule has 0 heterocycles. The van der Waals surface area contributed by atoms with Crippen LogP contribution in [0.5, 0.6) is 0 Å². The van der Waals surface area contributed by atoms with Gasteiger partial charge in [0.05, 0.1) is 21.1 Å². The molecule has 0 spiro atoms. The zero-order valence-electron chi connectivity index (χ0n) is 6.60. The van der Waals surface area contributed by atoms with Gasteiger partial charge in [0.15, 0.2) is 0 Å². The molecule has 0 aliphatic heterocycles. The van der Waals surface area contributed by atoms with E-state index < -0.39 is 6.61 Å². The lowest BCUT2D eigenvalue weighted by Gasteiger charge is -2.23. The predicted molar refractivity (Wildman–Crippen MR) is 34.9 cm³/mol. The number of likely N-dealkylation sites (N-methyl/N-ethyl adjacent to an activating group) is 1. The smallest absolute Gasteiger partial charge is 0.329 e. The van der Waals surface area contributed by atoms with Crippen LogP contribution in [0, 0.1) is 0 Å². The van der Waals surface area contributed by atoms with Gasteiger partial charge in [0.2, 0.25) is 0 Å². The standard InChI is InChI=1S/C6H14F2NO/c1-9(2,3)4-5-10-6(7)8/h6H,4-5H2,1-3H3/q+1. The van der Waals surface area contributed by atoms with Crippen LogP contribution in [-0.2, 0) is 4.74 Å². The first-order valence-corrected chi connectivity index (χ1v) is 3.12. The topological polar surface area (TPSA) is 9.23 Å². The minimum atomic E-state index is -2.63. The van der Waals surface area contributed by atoms with Crippen LogP contribution in [0.15, 0.2) is 0 Å². The summed E-state index contributed by atoms with van der Waals surface area (Å²) in [5.41, 5.74) is 0. The van der Waals surface area contributed by atoms with Crippen LogP contribution < -0.4 is 0 Å². The maximum atomic E-state index is 11.4. The molecule has 0 fully saturated rings. The fourth-order valence-electron chi connectivity index (χ4n) is 0.416. The summed E-state index contributed by atoms with van der Waals surface area (Å²) in [5.74, 6) is 0. The number of rotatable bonds is 4. The molecule has 10 heavy (non-hydrogen) atoms. The van der Waals surface area contributed by atoms with E-state index in [1.165, 1.54) is 0 Å². The van der Waals surface area contributed by atoms with E-state index in [9.17, 15) is 8.78 Å². The first kappa shape index (κ1) is 9.78. The Balaban J connectivity index is 3.21. The molecule has 62 valence electrons. The highest BCUT2D eigenvalue weighted by Crippen LogP contribution is 1.96. The molecule has 0 saturated heterocycles. The molecule has 0 N–H and O–H groups in total. The predicted octanol–water partition coefficient (Wildman–Crippen LogP) is 0.932. The van der Waals surface area contributed by atoms with Crippen molar-refractivity contribution < 1.29 is 18.0 Å². The van der Waals surface area contributed by atoms with Crippen molar-refractivity contribution in [2.45, 2.75) is 6.61 Å². The van der Waals surface area contributed by atoms with E-state index in [0.717, 1.165) is 0 Å². The van der Waals surface area contributed by atoms with Gasteiger partial charge in [0, 0.05) is 0 Å². The van der Waals surface area contributed by atoms with Gasteiger partial charge in [-0.1, -0.05) is 0 Å². The molecular formula is C6H14F2NO+. The van der Waals surface area contributed by atoms with Gasteiger partial charge in [-0.2, -0.15) is 8.78 Å². The molecule has 0 bridgehead atoms. The van der Waals surface area contributed by atoms with Crippen molar-refractivity contribution in [3.8, 4) is 0 Å². The zero-order chi connectivity index (χ0) is 8.20. The summed E-state index contributed by atoms with van der Waals surface area (Å²) in [6.45, 7) is -1.92. The van der Waals surface area contributed by atoms with Crippen LogP contribution in [0.3, 0.4) is 0 Å². The van der Waals surface area contributed by atoms with E-state index in [0.29, 0.717) is 11.0 Å². The van der Waals surface area contributed by atoms with Crippen LogP contribution in [-0.4, -0.2) is 45.4 Å². The van der Waals surface area contributed by atoms with Gasteiger partial charge in [-0.15, -0.1) is 0 Å². The fourth-order valence-corrected chi connectivity index (χ4v) is 0.416. The van der Waals surface area contributed by atoms with Crippen molar-refractivity contribution >= 4 is 0 Å². The van der Waals surface area contributed by atoms with Crippen molar-refractivity contribution in [1.82, 2.24) is 0 Å². The summed E-state index contributed by atoms with van der Waals surface area (Å²) in [6, 6.07) is 0. The lowest BCUT2D eigenvalue weighted by Crippen LogP contribution is -2.37. The van der Waals surface area contributed by atoms with Crippen molar-refractivity contribution in [3.63, 3.8) is 0 Å². The second-order valence-corrected chi connectivity index (χ2v) is 3.15. The number of quaternary nitrogens is 1. The van der Waals surface area contributed by atoms with E-state index >= 15 is 0 Å². The van der Waals surface area contributed by atoms with E-state index in [4.69, 9.17) is 0 Å². The average Bonchev–Trinajstić information content (AvgIpc) is 1.59. The Labute approximate surface area is 60.0 Å². The molecule has 0 aromatic heterocycles. The van der Waals surface area contributed by atoms with Crippen LogP contribution in [0.2, 0.25) is 0 Å². The number of halogens is 2. The molecule has 0 amide bonds. The fraction of sp³-hybridized carbons (Fsp3) is 1.00. The van der Waals surface area contributed by atoms with E-state index in [-0.39, 0.29) is 6.61 Å².